The van der Waals surface area contributed by atoms with Crippen molar-refractivity contribution < 1.29 is 18.3 Å². The lowest BCUT2D eigenvalue weighted by Crippen LogP contribution is -2.07. The van der Waals surface area contributed by atoms with E-state index in [1.54, 1.807) is 18.5 Å². The minimum Gasteiger partial charge on any atom is -0.465 e. The molecule has 0 unspecified atom stereocenters. The van der Waals surface area contributed by atoms with Crippen LogP contribution in [0.3, 0.4) is 0 Å². The second-order valence-corrected chi connectivity index (χ2v) is 5.85. The molecule has 128 valence electrons. The molecule has 0 saturated carbocycles. The van der Waals surface area contributed by atoms with Gasteiger partial charge in [-0.25, -0.2) is 9.78 Å². The van der Waals surface area contributed by atoms with E-state index in [-0.39, 0.29) is 22.0 Å². The van der Waals surface area contributed by atoms with Crippen molar-refractivity contribution in [1.29, 1.82) is 0 Å². The summed E-state index contributed by atoms with van der Waals surface area (Å²) in [5.41, 5.74) is 1.14. The van der Waals surface area contributed by atoms with Gasteiger partial charge in [0.2, 0.25) is 11.9 Å². The summed E-state index contributed by atoms with van der Waals surface area (Å²) in [7, 11) is 1.25. The van der Waals surface area contributed by atoms with E-state index in [9.17, 15) is 13.6 Å². The number of methoxy groups -OCH3 is 1. The second kappa shape index (κ2) is 7.31. The van der Waals surface area contributed by atoms with E-state index in [0.717, 1.165) is 23.1 Å². The van der Waals surface area contributed by atoms with E-state index < -0.39 is 17.9 Å². The maximum atomic E-state index is 13.9. The predicted octanol–water partition coefficient (Wildman–Crippen LogP) is 3.28. The van der Waals surface area contributed by atoms with Crippen LogP contribution in [0.1, 0.15) is 15.4 Å². The zero-order valence-electron chi connectivity index (χ0n) is 13.0. The zero-order chi connectivity index (χ0) is 17.8. The number of anilines is 1. The Morgan fingerprint density at radius 2 is 2.12 bits per heavy atom. The first-order valence-corrected chi connectivity index (χ1v) is 7.94. The van der Waals surface area contributed by atoms with Gasteiger partial charge in [0, 0.05) is 12.4 Å². The maximum Gasteiger partial charge on any atom is 0.350 e. The average Bonchev–Trinajstić information content (AvgIpc) is 3.04. The highest BCUT2D eigenvalue weighted by atomic mass is 32.1. The topological polar surface area (TPSA) is 77.0 Å². The van der Waals surface area contributed by atoms with Crippen LogP contribution >= 0.6 is 11.3 Å². The number of carbonyl (C=O) groups excluding carboxylic acids is 1. The summed E-state index contributed by atoms with van der Waals surface area (Å²) < 4.78 is 31.6. The first-order chi connectivity index (χ1) is 12.1. The number of pyridine rings is 2. The molecular weight excluding hydrogens is 350 g/mol. The van der Waals surface area contributed by atoms with Gasteiger partial charge in [-0.3, -0.25) is 4.98 Å². The molecule has 0 saturated heterocycles. The molecule has 3 rings (SSSR count). The monoisotopic (exact) mass is 362 g/mol. The van der Waals surface area contributed by atoms with Gasteiger partial charge >= 0.3 is 5.97 Å². The Morgan fingerprint density at radius 3 is 2.80 bits per heavy atom. The van der Waals surface area contributed by atoms with Crippen molar-refractivity contribution >= 4 is 23.0 Å². The zero-order valence-corrected chi connectivity index (χ0v) is 13.8. The Morgan fingerprint density at radius 1 is 1.28 bits per heavy atom. The number of halogens is 2. The van der Waals surface area contributed by atoms with Gasteiger partial charge < -0.3 is 10.1 Å². The normalized spacial score (nSPS) is 10.5. The fourth-order valence-corrected chi connectivity index (χ4v) is 3.08. The van der Waals surface area contributed by atoms with Gasteiger partial charge in [0.25, 0.3) is 0 Å². The van der Waals surface area contributed by atoms with E-state index in [2.05, 4.69) is 20.3 Å². The fraction of sp³-hybridized carbons (Fsp3) is 0.125. The molecule has 1 N–H and O–H groups in total. The van der Waals surface area contributed by atoms with E-state index in [1.165, 1.54) is 13.2 Å². The summed E-state index contributed by atoms with van der Waals surface area (Å²) in [6, 6.07) is 5.83. The van der Waals surface area contributed by atoms with Crippen LogP contribution in [0.2, 0.25) is 0 Å². The molecule has 0 spiro atoms. The molecule has 3 aromatic rings. The molecular formula is C16H12F2N4O2S. The molecule has 25 heavy (non-hydrogen) atoms. The van der Waals surface area contributed by atoms with E-state index in [4.69, 9.17) is 4.74 Å². The molecule has 3 aromatic heterocycles. The summed E-state index contributed by atoms with van der Waals surface area (Å²) >= 11 is 0.957. The smallest absolute Gasteiger partial charge is 0.350 e. The minimum absolute atomic E-state index is 0.0178. The number of nitrogens with zero attached hydrogens (tertiary/aromatic N) is 3. The molecule has 0 aliphatic carbocycles. The van der Waals surface area contributed by atoms with Crippen molar-refractivity contribution in [3.8, 4) is 10.6 Å². The van der Waals surface area contributed by atoms with Crippen LogP contribution in [-0.2, 0) is 11.3 Å². The Balaban J connectivity index is 1.93. The first kappa shape index (κ1) is 16.9. The highest BCUT2D eigenvalue weighted by Crippen LogP contribution is 2.30. The highest BCUT2D eigenvalue weighted by molar-refractivity contribution is 7.17. The van der Waals surface area contributed by atoms with Crippen LogP contribution in [0.4, 0.5) is 14.5 Å². The van der Waals surface area contributed by atoms with Crippen LogP contribution < -0.4 is 5.32 Å². The number of rotatable bonds is 5. The lowest BCUT2D eigenvalue weighted by atomic mass is 10.3. The largest absolute Gasteiger partial charge is 0.465 e. The van der Waals surface area contributed by atoms with Crippen molar-refractivity contribution in [2.45, 2.75) is 6.54 Å². The summed E-state index contributed by atoms with van der Waals surface area (Å²) in [4.78, 5) is 23.6. The number of esters is 1. The van der Waals surface area contributed by atoms with Gasteiger partial charge in [-0.15, -0.1) is 11.3 Å². The van der Waals surface area contributed by atoms with Crippen molar-refractivity contribution in [3.05, 3.63) is 59.1 Å². The van der Waals surface area contributed by atoms with Gasteiger partial charge in [-0.1, -0.05) is 0 Å². The Kier molecular flexibility index (Phi) is 4.94. The summed E-state index contributed by atoms with van der Waals surface area (Å²) in [5, 5.41) is 3.29. The molecule has 0 bridgehead atoms. The van der Waals surface area contributed by atoms with Crippen LogP contribution in [0.15, 0.2) is 36.7 Å². The lowest BCUT2D eigenvalue weighted by molar-refractivity contribution is 0.0605. The van der Waals surface area contributed by atoms with Crippen LogP contribution in [0.5, 0.6) is 0 Å². The van der Waals surface area contributed by atoms with Crippen LogP contribution in [0.25, 0.3) is 10.6 Å². The Bertz CT molecular complexity index is 902. The molecule has 0 fully saturated rings. The number of thiazole rings is 1. The quantitative estimate of drug-likeness (QED) is 0.554. The van der Waals surface area contributed by atoms with Gasteiger partial charge in [-0.05, 0) is 24.3 Å². The molecule has 0 aromatic carbocycles. The predicted molar refractivity (Wildman–Crippen MR) is 88.2 cm³/mol. The van der Waals surface area contributed by atoms with E-state index in [1.807, 2.05) is 6.07 Å². The fourth-order valence-electron chi connectivity index (χ4n) is 2.06. The number of ether oxygens (including phenoxy) is 1. The van der Waals surface area contributed by atoms with E-state index >= 15 is 0 Å². The van der Waals surface area contributed by atoms with Gasteiger partial charge in [0.05, 0.1) is 30.6 Å². The molecule has 0 aliphatic rings. The van der Waals surface area contributed by atoms with Crippen molar-refractivity contribution in [1.82, 2.24) is 15.0 Å². The average molecular weight is 362 g/mol. The molecule has 0 radical (unpaired) electrons. The first-order valence-electron chi connectivity index (χ1n) is 7.13. The third kappa shape index (κ3) is 3.77. The van der Waals surface area contributed by atoms with Gasteiger partial charge in [0.1, 0.15) is 9.88 Å². The van der Waals surface area contributed by atoms with Crippen molar-refractivity contribution in [2.75, 3.05) is 12.4 Å². The minimum atomic E-state index is -0.989. The van der Waals surface area contributed by atoms with Crippen molar-refractivity contribution in [2.24, 2.45) is 0 Å². The van der Waals surface area contributed by atoms with Gasteiger partial charge in [0.15, 0.2) is 0 Å². The Hall–Kier alpha value is -2.94. The number of aromatic nitrogens is 3. The molecule has 0 aliphatic heterocycles. The molecule has 0 amide bonds. The molecule has 3 heterocycles. The lowest BCUT2D eigenvalue weighted by Gasteiger charge is -2.04. The van der Waals surface area contributed by atoms with Gasteiger partial charge in [-0.2, -0.15) is 13.8 Å². The van der Waals surface area contributed by atoms with Crippen LogP contribution in [0, 0.1) is 11.9 Å². The number of hydrogen-bond donors (Lipinski definition) is 1. The number of hydrogen-bond acceptors (Lipinski definition) is 7. The number of nitrogens with one attached hydrogen (secondary N) is 1. The third-order valence-electron chi connectivity index (χ3n) is 3.23. The number of carbonyl (C=O) groups is 1. The summed E-state index contributed by atoms with van der Waals surface area (Å²) in [6.07, 6.45) is 3.25. The van der Waals surface area contributed by atoms with E-state index in [0.29, 0.717) is 5.69 Å². The SMILES string of the molecule is COC(=O)c1sc(-c2ccc(F)nc2F)nc1CNc1cccnc1. The van der Waals surface area contributed by atoms with Crippen LogP contribution in [-0.4, -0.2) is 28.0 Å². The Labute approximate surface area is 145 Å². The standard InChI is InChI=1S/C16H12F2N4O2S/c1-24-16(23)13-11(8-20-9-3-2-6-19-7-9)21-15(25-13)10-4-5-12(17)22-14(10)18/h2-7,20H,8H2,1H3. The van der Waals surface area contributed by atoms with Crippen molar-refractivity contribution in [3.63, 3.8) is 0 Å². The summed E-state index contributed by atoms with van der Waals surface area (Å²) in [5.74, 6) is -2.50. The summed E-state index contributed by atoms with van der Waals surface area (Å²) in [6.45, 7) is 0.211. The molecule has 9 heteroatoms. The molecule has 6 nitrogen and oxygen atoms in total. The highest BCUT2D eigenvalue weighted by Gasteiger charge is 2.21. The maximum absolute atomic E-state index is 13.9. The second-order valence-electron chi connectivity index (χ2n) is 4.85. The third-order valence-corrected chi connectivity index (χ3v) is 4.35. The molecule has 0 atom stereocenters.